The number of anilines is 1. The molecule has 23 heavy (non-hydrogen) atoms. The average Bonchev–Trinajstić information content (AvgIpc) is 2.98. The lowest BCUT2D eigenvalue weighted by Crippen LogP contribution is -2.27. The predicted molar refractivity (Wildman–Crippen MR) is 94.0 cm³/mol. The number of H-pyrrole nitrogens is 1. The normalized spacial score (nSPS) is 12.5. The minimum absolute atomic E-state index is 0.180. The van der Waals surface area contributed by atoms with Crippen molar-refractivity contribution in [2.45, 2.75) is 6.04 Å². The molecule has 0 bridgehead atoms. The molecule has 1 atom stereocenters. The van der Waals surface area contributed by atoms with Gasteiger partial charge in [0.25, 0.3) is 0 Å². The SMILES string of the molecule is COc1ccccc1[C@H](CNc1nc2ccccc2[nH]1)N(C)C. The monoisotopic (exact) mass is 310 g/mol. The highest BCUT2D eigenvalue weighted by molar-refractivity contribution is 5.77. The molecule has 120 valence electrons. The Labute approximate surface area is 136 Å². The van der Waals surface area contributed by atoms with Crippen molar-refractivity contribution in [1.29, 1.82) is 0 Å². The van der Waals surface area contributed by atoms with Crippen molar-refractivity contribution < 1.29 is 4.74 Å². The Morgan fingerprint density at radius 1 is 1.13 bits per heavy atom. The zero-order valence-corrected chi connectivity index (χ0v) is 13.7. The van der Waals surface area contributed by atoms with Crippen LogP contribution in [0, 0.1) is 0 Å². The van der Waals surface area contributed by atoms with Crippen molar-refractivity contribution in [3.63, 3.8) is 0 Å². The van der Waals surface area contributed by atoms with Crippen molar-refractivity contribution >= 4 is 17.0 Å². The molecule has 0 fully saturated rings. The zero-order valence-electron chi connectivity index (χ0n) is 13.7. The second-order valence-corrected chi connectivity index (χ2v) is 5.70. The van der Waals surface area contributed by atoms with Crippen LogP contribution in [0.3, 0.4) is 0 Å². The molecular weight excluding hydrogens is 288 g/mol. The molecule has 5 nitrogen and oxygen atoms in total. The molecule has 2 N–H and O–H groups in total. The Balaban J connectivity index is 1.80. The maximum atomic E-state index is 5.50. The number of aromatic nitrogens is 2. The summed E-state index contributed by atoms with van der Waals surface area (Å²) < 4.78 is 5.50. The molecule has 0 aliphatic heterocycles. The summed E-state index contributed by atoms with van der Waals surface area (Å²) in [6.07, 6.45) is 0. The van der Waals surface area contributed by atoms with Gasteiger partial charge in [0.05, 0.1) is 24.2 Å². The number of para-hydroxylation sites is 3. The lowest BCUT2D eigenvalue weighted by atomic mass is 10.0. The molecule has 0 saturated carbocycles. The highest BCUT2D eigenvalue weighted by Gasteiger charge is 2.18. The summed E-state index contributed by atoms with van der Waals surface area (Å²) in [6.45, 7) is 0.729. The first-order valence-electron chi connectivity index (χ1n) is 7.67. The summed E-state index contributed by atoms with van der Waals surface area (Å²) in [5, 5.41) is 3.40. The van der Waals surface area contributed by atoms with Crippen LogP contribution in [0.2, 0.25) is 0 Å². The lowest BCUT2D eigenvalue weighted by Gasteiger charge is -2.26. The summed E-state index contributed by atoms with van der Waals surface area (Å²) >= 11 is 0. The minimum Gasteiger partial charge on any atom is -0.496 e. The number of methoxy groups -OCH3 is 1. The first kappa shape index (κ1) is 15.4. The molecule has 1 aromatic heterocycles. The van der Waals surface area contributed by atoms with E-state index in [4.69, 9.17) is 4.74 Å². The maximum absolute atomic E-state index is 5.50. The molecular formula is C18H22N4O. The molecule has 3 rings (SSSR count). The number of rotatable bonds is 6. The fraction of sp³-hybridized carbons (Fsp3) is 0.278. The van der Waals surface area contributed by atoms with E-state index in [-0.39, 0.29) is 6.04 Å². The Morgan fingerprint density at radius 2 is 1.87 bits per heavy atom. The van der Waals surface area contributed by atoms with Crippen LogP contribution in [0.25, 0.3) is 11.0 Å². The Bertz CT molecular complexity index is 748. The second kappa shape index (κ2) is 6.71. The smallest absolute Gasteiger partial charge is 0.201 e. The van der Waals surface area contributed by atoms with E-state index >= 15 is 0 Å². The number of hydrogen-bond donors (Lipinski definition) is 2. The molecule has 5 heteroatoms. The van der Waals surface area contributed by atoms with Crippen LogP contribution in [-0.4, -0.2) is 42.6 Å². The average molecular weight is 310 g/mol. The molecule has 1 heterocycles. The minimum atomic E-state index is 0.180. The molecule has 0 spiro atoms. The molecule has 0 unspecified atom stereocenters. The first-order valence-corrected chi connectivity index (χ1v) is 7.67. The third-order valence-corrected chi connectivity index (χ3v) is 3.97. The van der Waals surface area contributed by atoms with Crippen molar-refractivity contribution in [3.8, 4) is 5.75 Å². The number of nitrogens with one attached hydrogen (secondary N) is 2. The fourth-order valence-corrected chi connectivity index (χ4v) is 2.74. The Hall–Kier alpha value is -2.53. The number of fused-ring (bicyclic) bond motifs is 1. The first-order chi connectivity index (χ1) is 11.2. The number of hydrogen-bond acceptors (Lipinski definition) is 4. The van der Waals surface area contributed by atoms with E-state index in [0.29, 0.717) is 0 Å². The number of likely N-dealkylation sites (N-methyl/N-ethyl adjacent to an activating group) is 1. The third kappa shape index (κ3) is 3.29. The van der Waals surface area contributed by atoms with E-state index < -0.39 is 0 Å². The molecule has 0 saturated heterocycles. The zero-order chi connectivity index (χ0) is 16.2. The van der Waals surface area contributed by atoms with Gasteiger partial charge in [-0.2, -0.15) is 0 Å². The van der Waals surface area contributed by atoms with Crippen LogP contribution < -0.4 is 10.1 Å². The molecule has 3 aromatic rings. The van der Waals surface area contributed by atoms with E-state index in [1.54, 1.807) is 7.11 Å². The molecule has 0 aliphatic rings. The summed E-state index contributed by atoms with van der Waals surface area (Å²) in [5.41, 5.74) is 3.16. The number of ether oxygens (including phenoxy) is 1. The van der Waals surface area contributed by atoms with Gasteiger partial charge < -0.3 is 19.9 Å². The van der Waals surface area contributed by atoms with Crippen LogP contribution in [0.1, 0.15) is 11.6 Å². The summed E-state index contributed by atoms with van der Waals surface area (Å²) in [6, 6.07) is 16.3. The van der Waals surface area contributed by atoms with E-state index in [1.807, 2.05) is 42.5 Å². The number of nitrogens with zero attached hydrogens (tertiary/aromatic N) is 2. The highest BCUT2D eigenvalue weighted by Crippen LogP contribution is 2.28. The van der Waals surface area contributed by atoms with Gasteiger partial charge in [-0.15, -0.1) is 0 Å². The van der Waals surface area contributed by atoms with E-state index in [9.17, 15) is 0 Å². The largest absolute Gasteiger partial charge is 0.496 e. The molecule has 2 aromatic carbocycles. The van der Waals surface area contributed by atoms with E-state index in [0.717, 1.165) is 34.8 Å². The van der Waals surface area contributed by atoms with Crippen molar-refractivity contribution in [2.24, 2.45) is 0 Å². The van der Waals surface area contributed by atoms with Gasteiger partial charge in [-0.1, -0.05) is 30.3 Å². The van der Waals surface area contributed by atoms with Crippen molar-refractivity contribution in [1.82, 2.24) is 14.9 Å². The number of benzene rings is 2. The van der Waals surface area contributed by atoms with Gasteiger partial charge in [-0.3, -0.25) is 0 Å². The van der Waals surface area contributed by atoms with E-state index in [2.05, 4.69) is 40.3 Å². The third-order valence-electron chi connectivity index (χ3n) is 3.97. The maximum Gasteiger partial charge on any atom is 0.201 e. The van der Waals surface area contributed by atoms with Gasteiger partial charge in [0, 0.05) is 12.1 Å². The van der Waals surface area contributed by atoms with Crippen molar-refractivity contribution in [3.05, 3.63) is 54.1 Å². The van der Waals surface area contributed by atoms with Crippen LogP contribution >= 0.6 is 0 Å². The standard InChI is InChI=1S/C18H22N4O/c1-22(2)16(13-8-4-7-11-17(13)23-3)12-19-18-20-14-9-5-6-10-15(14)21-18/h4-11,16H,12H2,1-3H3,(H2,19,20,21)/t16-/m0/s1. The Morgan fingerprint density at radius 3 is 2.61 bits per heavy atom. The van der Waals surface area contributed by atoms with Gasteiger partial charge in [0.15, 0.2) is 0 Å². The molecule has 0 aliphatic carbocycles. The van der Waals surface area contributed by atoms with Gasteiger partial charge in [-0.25, -0.2) is 4.98 Å². The van der Waals surface area contributed by atoms with Gasteiger partial charge >= 0.3 is 0 Å². The number of imidazole rings is 1. The quantitative estimate of drug-likeness (QED) is 0.733. The fourth-order valence-electron chi connectivity index (χ4n) is 2.74. The predicted octanol–water partition coefficient (Wildman–Crippen LogP) is 3.29. The summed E-state index contributed by atoms with van der Waals surface area (Å²) in [4.78, 5) is 10.0. The van der Waals surface area contributed by atoms with Crippen LogP contribution in [0.4, 0.5) is 5.95 Å². The van der Waals surface area contributed by atoms with Crippen LogP contribution in [0.15, 0.2) is 48.5 Å². The van der Waals surface area contributed by atoms with Gasteiger partial charge in [-0.05, 0) is 32.3 Å². The second-order valence-electron chi connectivity index (χ2n) is 5.70. The van der Waals surface area contributed by atoms with Crippen molar-refractivity contribution in [2.75, 3.05) is 33.1 Å². The molecule has 0 amide bonds. The van der Waals surface area contributed by atoms with Crippen LogP contribution in [0.5, 0.6) is 5.75 Å². The lowest BCUT2D eigenvalue weighted by molar-refractivity contribution is 0.299. The van der Waals surface area contributed by atoms with E-state index in [1.165, 1.54) is 0 Å². The summed E-state index contributed by atoms with van der Waals surface area (Å²) in [7, 11) is 5.84. The highest BCUT2D eigenvalue weighted by atomic mass is 16.5. The Kier molecular flexibility index (Phi) is 4.48. The number of aromatic amines is 1. The van der Waals surface area contributed by atoms with Crippen LogP contribution in [-0.2, 0) is 0 Å². The van der Waals surface area contributed by atoms with Gasteiger partial charge in [0.2, 0.25) is 5.95 Å². The van der Waals surface area contributed by atoms with Gasteiger partial charge in [0.1, 0.15) is 5.75 Å². The topological polar surface area (TPSA) is 53.2 Å². The summed E-state index contributed by atoms with van der Waals surface area (Å²) in [5.74, 6) is 1.69. The molecule has 0 radical (unpaired) electrons.